The van der Waals surface area contributed by atoms with Gasteiger partial charge in [0.05, 0.1) is 12.0 Å². The molecule has 7 heteroatoms. The predicted molar refractivity (Wildman–Crippen MR) is 72.1 cm³/mol. The number of rotatable bonds is 4. The smallest absolute Gasteiger partial charge is 0.307 e. The maximum absolute atomic E-state index is 12.1. The highest BCUT2D eigenvalue weighted by molar-refractivity contribution is 7.13. The van der Waals surface area contributed by atoms with Crippen LogP contribution in [-0.2, 0) is 9.59 Å². The minimum absolute atomic E-state index is 0.138. The Balaban J connectivity index is 1.93. The molecule has 0 bridgehead atoms. The van der Waals surface area contributed by atoms with Crippen LogP contribution in [0.5, 0.6) is 0 Å². The lowest BCUT2D eigenvalue weighted by atomic mass is 9.97. The molecule has 2 unspecified atom stereocenters. The van der Waals surface area contributed by atoms with Gasteiger partial charge >= 0.3 is 5.97 Å². The van der Waals surface area contributed by atoms with E-state index in [1.165, 1.54) is 11.3 Å². The molecule has 1 amide bonds. The molecule has 0 saturated carbocycles. The summed E-state index contributed by atoms with van der Waals surface area (Å²) in [6.45, 7) is 2.99. The van der Waals surface area contributed by atoms with Crippen molar-refractivity contribution >= 4 is 28.3 Å². The van der Waals surface area contributed by atoms with E-state index in [1.54, 1.807) is 18.5 Å². The van der Waals surface area contributed by atoms with Crippen LogP contribution in [0.15, 0.2) is 11.6 Å². The number of carboxylic acids is 1. The molecular weight excluding hydrogens is 266 g/mol. The largest absolute Gasteiger partial charge is 0.481 e. The number of carbonyl (C=O) groups excluding carboxylic acids is 1. The second kappa shape index (κ2) is 6.12. The van der Waals surface area contributed by atoms with E-state index in [1.807, 2.05) is 4.90 Å². The Morgan fingerprint density at radius 1 is 1.63 bits per heavy atom. The van der Waals surface area contributed by atoms with Crippen LogP contribution in [0.3, 0.4) is 0 Å². The van der Waals surface area contributed by atoms with Crippen LogP contribution in [0.25, 0.3) is 0 Å². The van der Waals surface area contributed by atoms with E-state index in [0.29, 0.717) is 18.1 Å². The number of amides is 1. The highest BCUT2D eigenvalue weighted by atomic mass is 32.1. The van der Waals surface area contributed by atoms with Crippen LogP contribution in [0.4, 0.5) is 5.13 Å². The van der Waals surface area contributed by atoms with Gasteiger partial charge in [-0.05, 0) is 26.3 Å². The molecule has 0 aromatic carbocycles. The van der Waals surface area contributed by atoms with E-state index in [-0.39, 0.29) is 17.9 Å². The fraction of sp³-hybridized carbons (Fsp3) is 0.583. The van der Waals surface area contributed by atoms with Crippen LogP contribution in [0, 0.1) is 5.92 Å². The molecule has 2 heterocycles. The van der Waals surface area contributed by atoms with Crippen LogP contribution >= 0.6 is 11.3 Å². The number of thiazole rings is 1. The number of aliphatic carboxylic acids is 1. The first-order valence-corrected chi connectivity index (χ1v) is 7.13. The number of aromatic nitrogens is 1. The second-order valence-electron chi connectivity index (χ2n) is 4.67. The van der Waals surface area contributed by atoms with E-state index in [2.05, 4.69) is 10.3 Å². The number of nitrogens with one attached hydrogen (secondary N) is 1. The molecule has 104 valence electrons. The fourth-order valence-corrected chi connectivity index (χ4v) is 2.75. The SMILES string of the molecule is CC(C(=O)Nc1nccs1)N1CCCC(C(=O)O)C1. The van der Waals surface area contributed by atoms with Gasteiger partial charge < -0.3 is 10.4 Å². The summed E-state index contributed by atoms with van der Waals surface area (Å²) < 4.78 is 0. The molecule has 0 aliphatic carbocycles. The highest BCUT2D eigenvalue weighted by Crippen LogP contribution is 2.19. The van der Waals surface area contributed by atoms with Crippen LogP contribution in [-0.4, -0.2) is 46.0 Å². The molecule has 1 aliphatic rings. The van der Waals surface area contributed by atoms with Crippen LogP contribution < -0.4 is 5.32 Å². The Morgan fingerprint density at radius 3 is 3.05 bits per heavy atom. The van der Waals surface area contributed by atoms with E-state index >= 15 is 0 Å². The van der Waals surface area contributed by atoms with Crippen molar-refractivity contribution in [2.24, 2.45) is 5.92 Å². The average Bonchev–Trinajstić information content (AvgIpc) is 2.90. The maximum atomic E-state index is 12.1. The Hall–Kier alpha value is -1.47. The van der Waals surface area contributed by atoms with E-state index in [0.717, 1.165) is 13.0 Å². The summed E-state index contributed by atoms with van der Waals surface area (Å²) in [7, 11) is 0. The molecule has 1 saturated heterocycles. The van der Waals surface area contributed by atoms with Gasteiger partial charge in [-0.2, -0.15) is 0 Å². The summed E-state index contributed by atoms with van der Waals surface area (Å²) in [5, 5.41) is 14.2. The third kappa shape index (κ3) is 3.51. The Morgan fingerprint density at radius 2 is 2.42 bits per heavy atom. The van der Waals surface area contributed by atoms with E-state index in [4.69, 9.17) is 5.11 Å². The van der Waals surface area contributed by atoms with Gasteiger partial charge in [0.1, 0.15) is 0 Å². The summed E-state index contributed by atoms with van der Waals surface area (Å²) in [4.78, 5) is 29.0. The Kier molecular flexibility index (Phi) is 4.49. The fourth-order valence-electron chi connectivity index (χ4n) is 2.22. The minimum atomic E-state index is -0.780. The van der Waals surface area contributed by atoms with Crippen molar-refractivity contribution in [2.75, 3.05) is 18.4 Å². The monoisotopic (exact) mass is 283 g/mol. The first-order valence-electron chi connectivity index (χ1n) is 6.25. The zero-order valence-corrected chi connectivity index (χ0v) is 11.5. The van der Waals surface area contributed by atoms with Gasteiger partial charge in [0.25, 0.3) is 0 Å². The van der Waals surface area contributed by atoms with Crippen molar-refractivity contribution in [3.05, 3.63) is 11.6 Å². The summed E-state index contributed by atoms with van der Waals surface area (Å²) in [6, 6.07) is -0.342. The second-order valence-corrected chi connectivity index (χ2v) is 5.57. The quantitative estimate of drug-likeness (QED) is 0.869. The molecule has 2 N–H and O–H groups in total. The third-order valence-corrected chi connectivity index (χ3v) is 4.08. The lowest BCUT2D eigenvalue weighted by molar-refractivity contribution is -0.144. The van der Waals surface area contributed by atoms with Crippen molar-refractivity contribution in [1.82, 2.24) is 9.88 Å². The van der Waals surface area contributed by atoms with Crippen molar-refractivity contribution in [2.45, 2.75) is 25.8 Å². The lowest BCUT2D eigenvalue weighted by Crippen LogP contribution is -2.48. The summed E-state index contributed by atoms with van der Waals surface area (Å²) in [5.41, 5.74) is 0. The van der Waals surface area contributed by atoms with Gasteiger partial charge in [0.2, 0.25) is 5.91 Å². The number of likely N-dealkylation sites (tertiary alicyclic amines) is 1. The molecule has 0 radical (unpaired) electrons. The van der Waals surface area contributed by atoms with Gasteiger partial charge in [-0.15, -0.1) is 11.3 Å². The molecular formula is C12H17N3O3S. The normalized spacial score (nSPS) is 21.8. The topological polar surface area (TPSA) is 82.5 Å². The summed E-state index contributed by atoms with van der Waals surface area (Å²) >= 11 is 1.37. The zero-order valence-electron chi connectivity index (χ0n) is 10.7. The van der Waals surface area contributed by atoms with E-state index < -0.39 is 5.97 Å². The summed E-state index contributed by atoms with van der Waals surface area (Å²) in [5.74, 6) is -1.29. The van der Waals surface area contributed by atoms with Crippen molar-refractivity contribution in [3.8, 4) is 0 Å². The first kappa shape index (κ1) is 14.0. The number of anilines is 1. The first-order chi connectivity index (χ1) is 9.08. The molecule has 0 spiro atoms. The Bertz CT molecular complexity index is 449. The number of hydrogen-bond acceptors (Lipinski definition) is 5. The molecule has 1 aromatic rings. The number of hydrogen-bond donors (Lipinski definition) is 2. The van der Waals surface area contributed by atoms with Gasteiger partial charge in [-0.1, -0.05) is 0 Å². The van der Waals surface area contributed by atoms with E-state index in [9.17, 15) is 9.59 Å². The van der Waals surface area contributed by atoms with Gasteiger partial charge in [0.15, 0.2) is 5.13 Å². The van der Waals surface area contributed by atoms with Crippen LogP contribution in [0.2, 0.25) is 0 Å². The van der Waals surface area contributed by atoms with Crippen molar-refractivity contribution in [3.63, 3.8) is 0 Å². The molecule has 6 nitrogen and oxygen atoms in total. The standard InChI is InChI=1S/C12H17N3O3S/c1-8(10(16)14-12-13-4-6-19-12)15-5-2-3-9(7-15)11(17)18/h4,6,8-9H,2-3,5,7H2,1H3,(H,17,18)(H,13,14,16). The van der Waals surface area contributed by atoms with Gasteiger partial charge in [-0.3, -0.25) is 14.5 Å². The zero-order chi connectivity index (χ0) is 13.8. The molecule has 1 fully saturated rings. The number of nitrogens with zero attached hydrogens (tertiary/aromatic N) is 2. The summed E-state index contributed by atoms with van der Waals surface area (Å²) in [6.07, 6.45) is 3.13. The number of piperidine rings is 1. The number of carboxylic acid groups (broad SMARTS) is 1. The molecule has 2 rings (SSSR count). The third-order valence-electron chi connectivity index (χ3n) is 3.39. The molecule has 1 aliphatic heterocycles. The molecule has 2 atom stereocenters. The predicted octanol–water partition coefficient (Wildman–Crippen LogP) is 1.27. The molecule has 1 aromatic heterocycles. The van der Waals surface area contributed by atoms with Gasteiger partial charge in [0, 0.05) is 18.1 Å². The minimum Gasteiger partial charge on any atom is -0.481 e. The van der Waals surface area contributed by atoms with Gasteiger partial charge in [-0.25, -0.2) is 4.98 Å². The number of carbonyl (C=O) groups is 2. The lowest BCUT2D eigenvalue weighted by Gasteiger charge is -2.34. The highest BCUT2D eigenvalue weighted by Gasteiger charge is 2.30. The van der Waals surface area contributed by atoms with Crippen molar-refractivity contribution in [1.29, 1.82) is 0 Å². The van der Waals surface area contributed by atoms with Crippen LogP contribution in [0.1, 0.15) is 19.8 Å². The average molecular weight is 283 g/mol. The van der Waals surface area contributed by atoms with Crippen molar-refractivity contribution < 1.29 is 14.7 Å². The maximum Gasteiger partial charge on any atom is 0.307 e. The molecule has 19 heavy (non-hydrogen) atoms. The Labute approximate surface area is 115 Å².